The minimum absolute atomic E-state index is 0.127. The van der Waals surface area contributed by atoms with Crippen molar-refractivity contribution in [2.45, 2.75) is 25.4 Å². The average molecular weight is 248 g/mol. The van der Waals surface area contributed by atoms with Crippen molar-refractivity contribution in [2.24, 2.45) is 0 Å². The van der Waals surface area contributed by atoms with Crippen LogP contribution in [0.25, 0.3) is 0 Å². The van der Waals surface area contributed by atoms with Crippen LogP contribution in [0.4, 0.5) is 13.2 Å². The number of hydrogen-bond donors (Lipinski definition) is 2. The van der Waals surface area contributed by atoms with Crippen LogP contribution in [-0.4, -0.2) is 16.2 Å². The first-order chi connectivity index (χ1) is 7.71. The van der Waals surface area contributed by atoms with Gasteiger partial charge in [0.25, 0.3) is 0 Å². The molecule has 0 spiro atoms. The smallest absolute Gasteiger partial charge is 0.416 e. The van der Waals surface area contributed by atoms with E-state index in [1.807, 2.05) is 0 Å². The summed E-state index contributed by atoms with van der Waals surface area (Å²) in [4.78, 5) is 10.5. The van der Waals surface area contributed by atoms with Gasteiger partial charge >= 0.3 is 12.1 Å². The second-order valence-electron chi connectivity index (χ2n) is 3.77. The van der Waals surface area contributed by atoms with Crippen molar-refractivity contribution >= 4 is 5.97 Å². The molecule has 0 aliphatic rings. The fraction of sp³-hybridized carbons (Fsp3) is 0.364. The molecule has 0 fully saturated rings. The Bertz CT molecular complexity index is 426. The Labute approximate surface area is 95.5 Å². The molecule has 94 valence electrons. The predicted octanol–water partition coefficient (Wildman–Crippen LogP) is 2.99. The Morgan fingerprint density at radius 3 is 2.47 bits per heavy atom. The molecule has 0 aromatic heterocycles. The second kappa shape index (κ2) is 4.65. The molecule has 0 saturated heterocycles. The van der Waals surface area contributed by atoms with E-state index in [1.54, 1.807) is 0 Å². The molecule has 0 aliphatic carbocycles. The molecule has 0 saturated carbocycles. The van der Waals surface area contributed by atoms with Gasteiger partial charge < -0.3 is 10.2 Å². The molecule has 1 unspecified atom stereocenters. The summed E-state index contributed by atoms with van der Waals surface area (Å²) in [6.07, 6.45) is -5.01. The maximum atomic E-state index is 12.7. The van der Waals surface area contributed by atoms with E-state index in [2.05, 4.69) is 0 Å². The van der Waals surface area contributed by atoms with Crippen LogP contribution in [0.5, 0.6) is 5.75 Å². The van der Waals surface area contributed by atoms with E-state index in [0.29, 0.717) is 6.07 Å². The lowest BCUT2D eigenvalue weighted by Crippen LogP contribution is -2.12. The van der Waals surface area contributed by atoms with E-state index in [0.717, 1.165) is 12.1 Å². The number of aromatic hydroxyl groups is 1. The van der Waals surface area contributed by atoms with Crippen molar-refractivity contribution in [3.05, 3.63) is 29.3 Å². The van der Waals surface area contributed by atoms with E-state index in [1.165, 1.54) is 6.92 Å². The standard InChI is InChI=1S/C11H11F3O3/c1-6(4-10(16)17)8-3-2-7(15)5-9(8)11(12,13)14/h2-3,5-6,15H,4H2,1H3,(H,16,17). The van der Waals surface area contributed by atoms with Crippen LogP contribution >= 0.6 is 0 Å². The molecule has 6 heteroatoms. The summed E-state index contributed by atoms with van der Waals surface area (Å²) in [5, 5.41) is 17.6. The molecule has 2 N–H and O–H groups in total. The first-order valence-corrected chi connectivity index (χ1v) is 4.83. The predicted molar refractivity (Wildman–Crippen MR) is 53.8 cm³/mol. The molecule has 1 rings (SSSR count). The third-order valence-electron chi connectivity index (χ3n) is 2.35. The van der Waals surface area contributed by atoms with E-state index >= 15 is 0 Å². The van der Waals surface area contributed by atoms with E-state index in [4.69, 9.17) is 10.2 Å². The van der Waals surface area contributed by atoms with Gasteiger partial charge in [-0.2, -0.15) is 13.2 Å². The number of carboxylic acid groups (broad SMARTS) is 1. The first kappa shape index (κ1) is 13.3. The lowest BCUT2D eigenvalue weighted by molar-refractivity contribution is -0.140. The third kappa shape index (κ3) is 3.37. The largest absolute Gasteiger partial charge is 0.508 e. The summed E-state index contributed by atoms with van der Waals surface area (Å²) in [5.41, 5.74) is -1.12. The van der Waals surface area contributed by atoms with Gasteiger partial charge in [-0.25, -0.2) is 0 Å². The number of benzene rings is 1. The average Bonchev–Trinajstić information content (AvgIpc) is 2.14. The molecule has 0 bridgehead atoms. The van der Waals surface area contributed by atoms with Gasteiger partial charge in [-0.15, -0.1) is 0 Å². The summed E-state index contributed by atoms with van der Waals surface area (Å²) in [6.45, 7) is 1.40. The Hall–Kier alpha value is -1.72. The molecule has 0 radical (unpaired) electrons. The van der Waals surface area contributed by atoms with Crippen LogP contribution in [0.3, 0.4) is 0 Å². The van der Waals surface area contributed by atoms with Gasteiger partial charge in [0, 0.05) is 0 Å². The van der Waals surface area contributed by atoms with Gasteiger partial charge in [-0.1, -0.05) is 13.0 Å². The normalized spacial score (nSPS) is 13.4. The number of rotatable bonds is 3. The van der Waals surface area contributed by atoms with Gasteiger partial charge in [0.1, 0.15) is 5.75 Å². The van der Waals surface area contributed by atoms with Gasteiger partial charge in [-0.05, 0) is 23.6 Å². The number of alkyl halides is 3. The van der Waals surface area contributed by atoms with Gasteiger partial charge in [-0.3, -0.25) is 4.79 Å². The summed E-state index contributed by atoms with van der Waals surface area (Å²) < 4.78 is 38.0. The molecule has 1 aromatic rings. The van der Waals surface area contributed by atoms with E-state index in [9.17, 15) is 18.0 Å². The number of carboxylic acids is 1. The molecule has 0 heterocycles. The number of carbonyl (C=O) groups is 1. The SMILES string of the molecule is CC(CC(=O)O)c1ccc(O)cc1C(F)(F)F. The Balaban J connectivity index is 3.19. The van der Waals surface area contributed by atoms with Crippen LogP contribution in [0, 0.1) is 0 Å². The minimum atomic E-state index is -4.61. The zero-order chi connectivity index (χ0) is 13.2. The van der Waals surface area contributed by atoms with Crippen molar-refractivity contribution in [1.82, 2.24) is 0 Å². The van der Waals surface area contributed by atoms with Crippen LogP contribution in [0.2, 0.25) is 0 Å². The van der Waals surface area contributed by atoms with Crippen molar-refractivity contribution in [3.63, 3.8) is 0 Å². The quantitative estimate of drug-likeness (QED) is 0.864. The summed E-state index contributed by atoms with van der Waals surface area (Å²) in [7, 11) is 0. The van der Waals surface area contributed by atoms with Crippen molar-refractivity contribution < 1.29 is 28.2 Å². The highest BCUT2D eigenvalue weighted by molar-refractivity contribution is 5.68. The van der Waals surface area contributed by atoms with Crippen molar-refractivity contribution in [2.75, 3.05) is 0 Å². The van der Waals surface area contributed by atoms with Gasteiger partial charge in [0.05, 0.1) is 12.0 Å². The van der Waals surface area contributed by atoms with Crippen molar-refractivity contribution in [1.29, 1.82) is 0 Å². The highest BCUT2D eigenvalue weighted by Gasteiger charge is 2.35. The van der Waals surface area contributed by atoms with Gasteiger partial charge in [0.2, 0.25) is 0 Å². The van der Waals surface area contributed by atoms with Crippen molar-refractivity contribution in [3.8, 4) is 5.75 Å². The molecular weight excluding hydrogens is 237 g/mol. The van der Waals surface area contributed by atoms with E-state index in [-0.39, 0.29) is 5.56 Å². The lowest BCUT2D eigenvalue weighted by Gasteiger charge is -2.17. The molecule has 0 amide bonds. The summed E-state index contributed by atoms with van der Waals surface area (Å²) in [5.74, 6) is -2.44. The number of phenols is 1. The lowest BCUT2D eigenvalue weighted by atomic mass is 9.92. The Morgan fingerprint density at radius 2 is 2.00 bits per heavy atom. The topological polar surface area (TPSA) is 57.5 Å². The fourth-order valence-corrected chi connectivity index (χ4v) is 1.59. The maximum absolute atomic E-state index is 12.7. The highest BCUT2D eigenvalue weighted by atomic mass is 19.4. The van der Waals surface area contributed by atoms with Crippen LogP contribution in [0.1, 0.15) is 30.4 Å². The Kier molecular flexibility index (Phi) is 3.65. The number of phenolic OH excluding ortho intramolecular Hbond substituents is 1. The maximum Gasteiger partial charge on any atom is 0.416 e. The number of aliphatic carboxylic acids is 1. The zero-order valence-electron chi connectivity index (χ0n) is 8.95. The molecule has 1 aromatic carbocycles. The molecule has 1 atom stereocenters. The molecule has 17 heavy (non-hydrogen) atoms. The highest BCUT2D eigenvalue weighted by Crippen LogP contribution is 2.37. The molecule has 0 aliphatic heterocycles. The third-order valence-corrected chi connectivity index (χ3v) is 2.35. The minimum Gasteiger partial charge on any atom is -0.508 e. The van der Waals surface area contributed by atoms with Crippen LogP contribution in [0.15, 0.2) is 18.2 Å². The molecule has 3 nitrogen and oxygen atoms in total. The number of halogens is 3. The van der Waals surface area contributed by atoms with Gasteiger partial charge in [0.15, 0.2) is 0 Å². The first-order valence-electron chi connectivity index (χ1n) is 4.83. The Morgan fingerprint density at radius 1 is 1.41 bits per heavy atom. The molecular formula is C11H11F3O3. The second-order valence-corrected chi connectivity index (χ2v) is 3.77. The number of hydrogen-bond acceptors (Lipinski definition) is 2. The summed E-state index contributed by atoms with van der Waals surface area (Å²) >= 11 is 0. The van der Waals surface area contributed by atoms with Crippen LogP contribution in [-0.2, 0) is 11.0 Å². The summed E-state index contributed by atoms with van der Waals surface area (Å²) in [6, 6.07) is 2.82. The van der Waals surface area contributed by atoms with Crippen LogP contribution < -0.4 is 0 Å². The fourth-order valence-electron chi connectivity index (χ4n) is 1.59. The zero-order valence-corrected chi connectivity index (χ0v) is 8.95. The van der Waals surface area contributed by atoms with E-state index < -0.39 is 35.8 Å². The monoisotopic (exact) mass is 248 g/mol.